The van der Waals surface area contributed by atoms with Gasteiger partial charge in [-0.25, -0.2) is 0 Å². The lowest BCUT2D eigenvalue weighted by Crippen LogP contribution is -2.42. The van der Waals surface area contributed by atoms with Gasteiger partial charge in [0, 0.05) is 13.2 Å². The third kappa shape index (κ3) is 1.83. The highest BCUT2D eigenvalue weighted by atomic mass is 16.3. The van der Waals surface area contributed by atoms with Crippen LogP contribution in [0.5, 0.6) is 0 Å². The number of imide groups is 1. The molecule has 1 N–H and O–H groups in total. The van der Waals surface area contributed by atoms with Crippen molar-refractivity contribution in [3.63, 3.8) is 0 Å². The highest BCUT2D eigenvalue weighted by Crippen LogP contribution is 2.63. The van der Waals surface area contributed by atoms with Gasteiger partial charge < -0.3 is 5.11 Å². The Kier molecular flexibility index (Phi) is 2.97. The quantitative estimate of drug-likeness (QED) is 0.785. The predicted octanol–water partition coefficient (Wildman–Crippen LogP) is 1.43. The Bertz CT molecular complexity index is 394. The van der Waals surface area contributed by atoms with Crippen LogP contribution in [0.3, 0.4) is 0 Å². The van der Waals surface area contributed by atoms with E-state index in [-0.39, 0.29) is 41.6 Å². The van der Waals surface area contributed by atoms with E-state index >= 15 is 0 Å². The number of carbonyl (C=O) groups excluding carboxylic acids is 2. The monoisotopic (exact) mass is 265 g/mol. The predicted molar refractivity (Wildman–Crippen MR) is 70.0 cm³/mol. The Morgan fingerprint density at radius 3 is 2.16 bits per heavy atom. The fraction of sp³-hybridized carbons (Fsp3) is 0.867. The van der Waals surface area contributed by atoms with Crippen molar-refractivity contribution < 1.29 is 14.7 Å². The lowest BCUT2D eigenvalue weighted by molar-refractivity contribution is -0.144. The second-order valence-electron chi connectivity index (χ2n) is 7.05. The van der Waals surface area contributed by atoms with E-state index in [1.54, 1.807) is 0 Å². The number of nitrogens with zero attached hydrogens (tertiary/aromatic N) is 1. The van der Waals surface area contributed by atoms with Crippen molar-refractivity contribution in [1.82, 2.24) is 4.90 Å². The maximum Gasteiger partial charge on any atom is 0.233 e. The molecule has 0 radical (unpaired) electrons. The Hall–Kier alpha value is -0.900. The van der Waals surface area contributed by atoms with Gasteiger partial charge in [0.1, 0.15) is 0 Å². The van der Waals surface area contributed by atoms with Crippen molar-refractivity contribution >= 4 is 11.8 Å². The zero-order valence-corrected chi connectivity index (χ0v) is 11.8. The largest absolute Gasteiger partial charge is 0.396 e. The molecule has 106 valence electrons. The number of amides is 2. The maximum absolute atomic E-state index is 12.3. The molecule has 0 aromatic rings. The molecule has 0 aromatic heterocycles. The van der Waals surface area contributed by atoms with Crippen molar-refractivity contribution in [2.24, 2.45) is 29.1 Å². The fourth-order valence-electron chi connectivity index (χ4n) is 4.18. The third-order valence-corrected chi connectivity index (χ3v) is 5.61. The number of likely N-dealkylation sites (tertiary alicyclic amines) is 1. The van der Waals surface area contributed by atoms with E-state index in [9.17, 15) is 14.7 Å². The van der Waals surface area contributed by atoms with Gasteiger partial charge in [-0.05, 0) is 30.1 Å². The van der Waals surface area contributed by atoms with Crippen LogP contribution in [-0.4, -0.2) is 35.0 Å². The van der Waals surface area contributed by atoms with E-state index in [1.165, 1.54) is 4.90 Å². The summed E-state index contributed by atoms with van der Waals surface area (Å²) in [7, 11) is 0. The van der Waals surface area contributed by atoms with Gasteiger partial charge in [0.15, 0.2) is 0 Å². The van der Waals surface area contributed by atoms with Crippen LogP contribution >= 0.6 is 0 Å². The Morgan fingerprint density at radius 1 is 1.11 bits per heavy atom. The fourth-order valence-corrected chi connectivity index (χ4v) is 4.18. The van der Waals surface area contributed by atoms with E-state index < -0.39 is 0 Å². The summed E-state index contributed by atoms with van der Waals surface area (Å²) in [5, 5.41) is 9.42. The van der Waals surface area contributed by atoms with Crippen molar-refractivity contribution in [1.29, 1.82) is 0 Å². The lowest BCUT2D eigenvalue weighted by Gasteiger charge is -2.33. The molecule has 0 bridgehead atoms. The molecule has 4 heteroatoms. The van der Waals surface area contributed by atoms with E-state index in [2.05, 4.69) is 0 Å². The van der Waals surface area contributed by atoms with Gasteiger partial charge >= 0.3 is 0 Å². The molecule has 4 nitrogen and oxygen atoms in total. The Labute approximate surface area is 114 Å². The highest BCUT2D eigenvalue weighted by molar-refractivity contribution is 6.10. The zero-order valence-electron chi connectivity index (χ0n) is 11.8. The second kappa shape index (κ2) is 4.30. The zero-order chi connectivity index (χ0) is 13.8. The first-order chi connectivity index (χ1) is 8.98. The van der Waals surface area contributed by atoms with Crippen molar-refractivity contribution in [3.05, 3.63) is 0 Å². The number of piperidine rings is 1. The van der Waals surface area contributed by atoms with Gasteiger partial charge in [0.2, 0.25) is 11.8 Å². The number of hydrogen-bond acceptors (Lipinski definition) is 3. The minimum absolute atomic E-state index is 0.0299. The first-order valence-corrected chi connectivity index (χ1v) is 7.44. The van der Waals surface area contributed by atoms with Crippen LogP contribution in [0.15, 0.2) is 0 Å². The second-order valence-corrected chi connectivity index (χ2v) is 7.05. The van der Waals surface area contributed by atoms with E-state index in [0.717, 1.165) is 25.7 Å². The van der Waals surface area contributed by atoms with Gasteiger partial charge in [0.05, 0.1) is 11.8 Å². The number of carbonyl (C=O) groups is 2. The molecule has 2 saturated carbocycles. The Morgan fingerprint density at radius 2 is 1.63 bits per heavy atom. The molecule has 1 aliphatic heterocycles. The normalized spacial score (nSPS) is 40.5. The van der Waals surface area contributed by atoms with Crippen LogP contribution in [0.2, 0.25) is 0 Å². The summed E-state index contributed by atoms with van der Waals surface area (Å²) >= 11 is 0. The number of hydrogen-bond donors (Lipinski definition) is 1. The van der Waals surface area contributed by atoms with Crippen molar-refractivity contribution in [2.75, 3.05) is 13.2 Å². The number of fused-ring (bicyclic) bond motifs is 1. The summed E-state index contributed by atoms with van der Waals surface area (Å²) in [5.41, 5.74) is -0.117. The number of aliphatic hydroxyl groups excluding tert-OH is 1. The summed E-state index contributed by atoms with van der Waals surface area (Å²) in [6, 6.07) is 0. The highest BCUT2D eigenvalue weighted by Gasteiger charge is 2.72. The smallest absolute Gasteiger partial charge is 0.233 e. The van der Waals surface area contributed by atoms with Crippen LogP contribution in [0.4, 0.5) is 0 Å². The lowest BCUT2D eigenvalue weighted by atomic mass is 9.79. The summed E-state index contributed by atoms with van der Waals surface area (Å²) in [4.78, 5) is 26.1. The molecule has 3 aliphatic rings. The van der Waals surface area contributed by atoms with Crippen LogP contribution in [0.1, 0.15) is 39.5 Å². The minimum Gasteiger partial charge on any atom is -0.396 e. The summed E-state index contributed by atoms with van der Waals surface area (Å²) in [6.07, 6.45) is 4.36. The molecule has 2 aliphatic carbocycles. The van der Waals surface area contributed by atoms with Crippen molar-refractivity contribution in [3.8, 4) is 0 Å². The first kappa shape index (κ1) is 13.1. The summed E-state index contributed by atoms with van der Waals surface area (Å²) in [5.74, 6) is 0.475. The first-order valence-electron chi connectivity index (χ1n) is 7.44. The topological polar surface area (TPSA) is 57.6 Å². The van der Waals surface area contributed by atoms with Crippen LogP contribution in [0, 0.1) is 29.1 Å². The molecule has 3 fully saturated rings. The third-order valence-electron chi connectivity index (χ3n) is 5.61. The van der Waals surface area contributed by atoms with E-state index in [0.29, 0.717) is 12.5 Å². The minimum atomic E-state index is -0.117. The molecule has 4 unspecified atom stereocenters. The molecule has 1 saturated heterocycles. The molecule has 2 amide bonds. The van der Waals surface area contributed by atoms with Gasteiger partial charge in [-0.1, -0.05) is 26.7 Å². The molecule has 19 heavy (non-hydrogen) atoms. The number of rotatable bonds is 3. The standard InChI is InChI=1S/C15H23NO3/c1-15(2)11-12(15)14(19)16(13(11)18)7-9-5-3-4-6-10(9)8-17/h9-12,17H,3-8H2,1-2H3. The maximum atomic E-state index is 12.3. The van der Waals surface area contributed by atoms with Crippen molar-refractivity contribution in [2.45, 2.75) is 39.5 Å². The van der Waals surface area contributed by atoms with Crippen LogP contribution < -0.4 is 0 Å². The Balaban J connectivity index is 1.68. The average Bonchev–Trinajstić information content (AvgIpc) is 2.86. The average molecular weight is 265 g/mol. The molecule has 0 spiro atoms. The molecule has 4 atom stereocenters. The SMILES string of the molecule is CC1(C)C2C(=O)N(CC3CCCCC3CO)C(=O)C21. The van der Waals surface area contributed by atoms with Gasteiger partial charge in [-0.3, -0.25) is 14.5 Å². The van der Waals surface area contributed by atoms with E-state index in [4.69, 9.17) is 0 Å². The summed E-state index contributed by atoms with van der Waals surface area (Å²) < 4.78 is 0. The summed E-state index contributed by atoms with van der Waals surface area (Å²) in [6.45, 7) is 4.73. The van der Waals surface area contributed by atoms with Gasteiger partial charge in [-0.2, -0.15) is 0 Å². The van der Waals surface area contributed by atoms with Gasteiger partial charge in [-0.15, -0.1) is 0 Å². The van der Waals surface area contributed by atoms with E-state index in [1.807, 2.05) is 13.8 Å². The molecule has 1 heterocycles. The van der Waals surface area contributed by atoms with Crippen LogP contribution in [0.25, 0.3) is 0 Å². The van der Waals surface area contributed by atoms with Gasteiger partial charge in [0.25, 0.3) is 0 Å². The molecular weight excluding hydrogens is 242 g/mol. The van der Waals surface area contributed by atoms with Crippen LogP contribution in [-0.2, 0) is 9.59 Å². The molecule has 3 rings (SSSR count). The molecule has 0 aromatic carbocycles. The molecular formula is C15H23NO3. The number of aliphatic hydroxyl groups is 1.